The van der Waals surface area contributed by atoms with Gasteiger partial charge in [-0.25, -0.2) is 0 Å². The van der Waals surface area contributed by atoms with Gasteiger partial charge in [0.2, 0.25) is 0 Å². The molecule has 0 radical (unpaired) electrons. The van der Waals surface area contributed by atoms with E-state index in [-0.39, 0.29) is 6.04 Å². The zero-order valence-corrected chi connectivity index (χ0v) is 20.8. The molecule has 0 amide bonds. The molecule has 2 aromatic rings. The molecule has 0 bridgehead atoms. The molecule has 1 heterocycles. The lowest BCUT2D eigenvalue weighted by Gasteiger charge is -2.26. The van der Waals surface area contributed by atoms with Crippen LogP contribution in [0, 0.1) is 0 Å². The highest BCUT2D eigenvalue weighted by atomic mass is 16.5. The summed E-state index contributed by atoms with van der Waals surface area (Å²) in [5, 5.41) is 0. The summed E-state index contributed by atoms with van der Waals surface area (Å²) >= 11 is 0. The van der Waals surface area contributed by atoms with E-state index in [4.69, 9.17) is 23.7 Å². The third-order valence-electron chi connectivity index (χ3n) is 5.89. The maximum atomic E-state index is 11.7. The Bertz CT molecular complexity index is 936. The number of nitrogens with zero attached hydrogens (tertiary/aromatic N) is 2. The SMILES string of the molecule is COc1ccc(C[C@H]2COC(C=O)N2Cc2ccc(OCCCN(C)C)c(OC)c2)cc1OC. The molecule has 2 atom stereocenters. The minimum Gasteiger partial charge on any atom is -0.493 e. The summed E-state index contributed by atoms with van der Waals surface area (Å²) in [4.78, 5) is 15.9. The van der Waals surface area contributed by atoms with E-state index in [1.807, 2.05) is 50.5 Å². The number of hydrogen-bond acceptors (Lipinski definition) is 8. The van der Waals surface area contributed by atoms with Crippen molar-refractivity contribution in [1.29, 1.82) is 0 Å². The zero-order chi connectivity index (χ0) is 24.5. The van der Waals surface area contributed by atoms with Crippen LogP contribution in [0.5, 0.6) is 23.0 Å². The summed E-state index contributed by atoms with van der Waals surface area (Å²) in [6.07, 6.45) is 1.92. The third kappa shape index (κ3) is 6.62. The summed E-state index contributed by atoms with van der Waals surface area (Å²) in [6, 6.07) is 11.8. The Morgan fingerprint density at radius 2 is 1.62 bits per heavy atom. The summed E-state index contributed by atoms with van der Waals surface area (Å²) in [5.41, 5.74) is 2.11. The van der Waals surface area contributed by atoms with Gasteiger partial charge in [-0.2, -0.15) is 0 Å². The topological polar surface area (TPSA) is 69.7 Å². The molecule has 2 aromatic carbocycles. The van der Waals surface area contributed by atoms with Crippen LogP contribution in [0.1, 0.15) is 17.5 Å². The first-order valence-electron chi connectivity index (χ1n) is 11.5. The fourth-order valence-corrected chi connectivity index (χ4v) is 4.10. The molecule has 0 aliphatic carbocycles. The first-order chi connectivity index (χ1) is 16.5. The van der Waals surface area contributed by atoms with Crippen molar-refractivity contribution in [2.45, 2.75) is 31.7 Å². The van der Waals surface area contributed by atoms with Crippen LogP contribution in [0.25, 0.3) is 0 Å². The fourth-order valence-electron chi connectivity index (χ4n) is 4.10. The van der Waals surface area contributed by atoms with Gasteiger partial charge in [0.15, 0.2) is 35.5 Å². The van der Waals surface area contributed by atoms with Gasteiger partial charge in [0.05, 0.1) is 34.5 Å². The first kappa shape index (κ1) is 25.8. The van der Waals surface area contributed by atoms with Gasteiger partial charge in [0.25, 0.3) is 0 Å². The van der Waals surface area contributed by atoms with Crippen molar-refractivity contribution in [2.24, 2.45) is 0 Å². The highest BCUT2D eigenvalue weighted by molar-refractivity contribution is 5.56. The van der Waals surface area contributed by atoms with E-state index >= 15 is 0 Å². The predicted molar refractivity (Wildman–Crippen MR) is 130 cm³/mol. The molecule has 0 saturated carbocycles. The summed E-state index contributed by atoms with van der Waals surface area (Å²) in [7, 11) is 8.97. The van der Waals surface area contributed by atoms with Crippen LogP contribution in [0.4, 0.5) is 0 Å². The molecule has 0 N–H and O–H groups in total. The molecular weight excluding hydrogens is 436 g/mol. The zero-order valence-electron chi connectivity index (χ0n) is 20.8. The van der Waals surface area contributed by atoms with Crippen LogP contribution in [-0.4, -0.2) is 83.5 Å². The minimum absolute atomic E-state index is 0.0428. The van der Waals surface area contributed by atoms with Crippen LogP contribution in [0.3, 0.4) is 0 Å². The molecule has 0 aromatic heterocycles. The van der Waals surface area contributed by atoms with Crippen molar-refractivity contribution in [1.82, 2.24) is 9.80 Å². The van der Waals surface area contributed by atoms with Gasteiger partial charge in [-0.3, -0.25) is 9.69 Å². The van der Waals surface area contributed by atoms with Gasteiger partial charge < -0.3 is 28.6 Å². The Balaban J connectivity index is 1.70. The maximum Gasteiger partial charge on any atom is 0.167 e. The van der Waals surface area contributed by atoms with Gasteiger partial charge in [-0.15, -0.1) is 0 Å². The molecule has 3 rings (SSSR count). The van der Waals surface area contributed by atoms with Crippen LogP contribution < -0.4 is 18.9 Å². The number of carbonyl (C=O) groups excluding carboxylic acids is 1. The van der Waals surface area contributed by atoms with E-state index in [1.54, 1.807) is 21.3 Å². The van der Waals surface area contributed by atoms with E-state index in [0.29, 0.717) is 37.0 Å². The fraction of sp³-hybridized carbons (Fsp3) is 0.500. The monoisotopic (exact) mass is 472 g/mol. The molecule has 8 heteroatoms. The molecule has 1 unspecified atom stereocenters. The van der Waals surface area contributed by atoms with Gasteiger partial charge in [0.1, 0.15) is 0 Å². The van der Waals surface area contributed by atoms with E-state index in [2.05, 4.69) is 9.80 Å². The highest BCUT2D eigenvalue weighted by Crippen LogP contribution is 2.32. The van der Waals surface area contributed by atoms with Crippen molar-refractivity contribution >= 4 is 6.29 Å². The molecule has 0 spiro atoms. The lowest BCUT2D eigenvalue weighted by Crippen LogP contribution is -2.38. The number of hydrogen-bond donors (Lipinski definition) is 0. The van der Waals surface area contributed by atoms with Crippen LogP contribution >= 0.6 is 0 Å². The van der Waals surface area contributed by atoms with Gasteiger partial charge in [-0.05, 0) is 62.3 Å². The summed E-state index contributed by atoms with van der Waals surface area (Å²) in [6.45, 7) is 2.61. The van der Waals surface area contributed by atoms with E-state index in [1.165, 1.54) is 0 Å². The van der Waals surface area contributed by atoms with Crippen LogP contribution in [0.2, 0.25) is 0 Å². The molecule has 8 nitrogen and oxygen atoms in total. The summed E-state index contributed by atoms with van der Waals surface area (Å²) in [5.74, 6) is 2.77. The highest BCUT2D eigenvalue weighted by Gasteiger charge is 2.34. The Kier molecular flexibility index (Phi) is 9.56. The van der Waals surface area contributed by atoms with E-state index in [9.17, 15) is 4.79 Å². The maximum absolute atomic E-state index is 11.7. The molecule has 186 valence electrons. The van der Waals surface area contributed by atoms with Gasteiger partial charge in [0, 0.05) is 19.1 Å². The first-order valence-corrected chi connectivity index (χ1v) is 11.5. The van der Waals surface area contributed by atoms with Crippen molar-refractivity contribution in [3.05, 3.63) is 47.5 Å². The Labute approximate surface area is 202 Å². The van der Waals surface area contributed by atoms with Crippen LogP contribution in [0.15, 0.2) is 36.4 Å². The molecular formula is C26H36N2O6. The number of benzene rings is 2. The molecule has 34 heavy (non-hydrogen) atoms. The average Bonchev–Trinajstić information content (AvgIpc) is 3.22. The number of aldehydes is 1. The number of carbonyl (C=O) groups is 1. The standard InChI is InChI=1S/C26H36N2O6/c1-27(2)11-6-12-33-23-10-8-20(15-25(23)32-5)16-28-21(18-34-26(28)17-29)13-19-7-9-22(30-3)24(14-19)31-4/h7-10,14-15,17,21,26H,6,11-13,16,18H2,1-5H3/t21-,26?/m0/s1. The van der Waals surface area contributed by atoms with Crippen molar-refractivity contribution in [3.8, 4) is 23.0 Å². The smallest absolute Gasteiger partial charge is 0.167 e. The van der Waals surface area contributed by atoms with Crippen molar-refractivity contribution in [2.75, 3.05) is 55.2 Å². The number of methoxy groups -OCH3 is 3. The second-order valence-corrected chi connectivity index (χ2v) is 8.57. The van der Waals surface area contributed by atoms with Crippen molar-refractivity contribution < 1.29 is 28.5 Å². The summed E-state index contributed by atoms with van der Waals surface area (Å²) < 4.78 is 28.0. The number of rotatable bonds is 13. The predicted octanol–water partition coefficient (Wildman–Crippen LogP) is 3.01. The van der Waals surface area contributed by atoms with Gasteiger partial charge in [-0.1, -0.05) is 12.1 Å². The Morgan fingerprint density at radius 1 is 0.971 bits per heavy atom. The average molecular weight is 473 g/mol. The second-order valence-electron chi connectivity index (χ2n) is 8.57. The Morgan fingerprint density at radius 3 is 2.29 bits per heavy atom. The van der Waals surface area contributed by atoms with E-state index in [0.717, 1.165) is 42.5 Å². The van der Waals surface area contributed by atoms with E-state index < -0.39 is 6.23 Å². The Hall–Kier alpha value is -2.81. The quantitative estimate of drug-likeness (QED) is 0.326. The molecule has 1 aliphatic heterocycles. The van der Waals surface area contributed by atoms with Crippen molar-refractivity contribution in [3.63, 3.8) is 0 Å². The lowest BCUT2D eigenvalue weighted by molar-refractivity contribution is -0.122. The largest absolute Gasteiger partial charge is 0.493 e. The van der Waals surface area contributed by atoms with Gasteiger partial charge >= 0.3 is 0 Å². The second kappa shape index (κ2) is 12.6. The minimum atomic E-state index is -0.585. The molecule has 1 fully saturated rings. The third-order valence-corrected chi connectivity index (χ3v) is 5.89. The lowest BCUT2D eigenvalue weighted by atomic mass is 10.0. The number of ether oxygens (including phenoxy) is 5. The normalized spacial score (nSPS) is 18.2. The molecule has 1 saturated heterocycles. The molecule has 1 aliphatic rings. The van der Waals surface area contributed by atoms with Crippen LogP contribution in [-0.2, 0) is 22.5 Å².